The molecular formula is C51H90NO8+. The van der Waals surface area contributed by atoms with Crippen LogP contribution in [0.4, 0.5) is 0 Å². The number of ether oxygens (including phenoxy) is 4. The zero-order valence-electron chi connectivity index (χ0n) is 39.1. The van der Waals surface area contributed by atoms with Crippen molar-refractivity contribution in [1.29, 1.82) is 0 Å². The van der Waals surface area contributed by atoms with Crippen LogP contribution in [-0.4, -0.2) is 87.4 Å². The van der Waals surface area contributed by atoms with Crippen molar-refractivity contribution < 1.29 is 42.9 Å². The summed E-state index contributed by atoms with van der Waals surface area (Å²) in [5.74, 6) is -2.09. The van der Waals surface area contributed by atoms with Crippen LogP contribution in [0.1, 0.15) is 187 Å². The Morgan fingerprint density at radius 3 is 1.40 bits per heavy atom. The van der Waals surface area contributed by atoms with E-state index in [1.165, 1.54) is 96.3 Å². The van der Waals surface area contributed by atoms with Crippen LogP contribution in [0.25, 0.3) is 0 Å². The highest BCUT2D eigenvalue weighted by atomic mass is 16.7. The van der Waals surface area contributed by atoms with Crippen molar-refractivity contribution in [2.45, 2.75) is 200 Å². The Bertz CT molecular complexity index is 1170. The maximum atomic E-state index is 12.8. The average molecular weight is 845 g/mol. The molecule has 0 fully saturated rings. The maximum absolute atomic E-state index is 12.8. The summed E-state index contributed by atoms with van der Waals surface area (Å²) in [6, 6.07) is 0. The molecule has 346 valence electrons. The van der Waals surface area contributed by atoms with E-state index in [2.05, 4.69) is 74.6 Å². The van der Waals surface area contributed by atoms with E-state index in [0.29, 0.717) is 23.9 Å². The molecule has 0 bridgehead atoms. The van der Waals surface area contributed by atoms with E-state index in [-0.39, 0.29) is 32.2 Å². The number of unbranched alkanes of at least 4 members (excludes halogenated alkanes) is 18. The van der Waals surface area contributed by atoms with Gasteiger partial charge in [0.2, 0.25) is 0 Å². The summed E-state index contributed by atoms with van der Waals surface area (Å²) in [6.07, 6.45) is 48.6. The SMILES string of the molecule is CC/C=C\C/C=C\C/C=C\C/C=C\C/C=C\CCCC(=O)OC(COC(=O)CCCCCCCCCCCCCCCCCCCC)COC(OCC[N+](C)(C)C)C(=O)O. The van der Waals surface area contributed by atoms with Gasteiger partial charge in [0.15, 0.2) is 6.10 Å². The second-order valence-corrected chi connectivity index (χ2v) is 17.0. The summed E-state index contributed by atoms with van der Waals surface area (Å²) >= 11 is 0. The van der Waals surface area contributed by atoms with Gasteiger partial charge in [0.05, 0.1) is 34.4 Å². The van der Waals surface area contributed by atoms with Crippen LogP contribution in [0.5, 0.6) is 0 Å². The topological polar surface area (TPSA) is 108 Å². The summed E-state index contributed by atoms with van der Waals surface area (Å²) in [7, 11) is 5.94. The van der Waals surface area contributed by atoms with Gasteiger partial charge in [-0.2, -0.15) is 0 Å². The Morgan fingerprint density at radius 2 is 0.950 bits per heavy atom. The number of allylic oxidation sites excluding steroid dienone is 10. The van der Waals surface area contributed by atoms with Crippen molar-refractivity contribution in [3.8, 4) is 0 Å². The second-order valence-electron chi connectivity index (χ2n) is 17.0. The quantitative estimate of drug-likeness (QED) is 0.0212. The van der Waals surface area contributed by atoms with Gasteiger partial charge in [-0.1, -0.05) is 184 Å². The predicted octanol–water partition coefficient (Wildman–Crippen LogP) is 12.9. The standard InChI is InChI=1S/C51H89NO8/c1-6-8-10-12-14-16-18-20-22-24-26-27-29-31-33-35-37-39-41-48(53)58-45-47(46-59-51(50(55)56)57-44-43-52(3,4)5)60-49(54)42-40-38-36-34-32-30-28-25-23-21-19-17-15-13-11-9-7-2/h9,11,15,17,21,23,28,30,34,36,47,51H,6-8,10,12-14,16,18-20,22,24-27,29,31-33,35,37-46H2,1-5H3/p+1/b11-9-,17-15-,23-21-,30-28-,36-34-. The highest BCUT2D eigenvalue weighted by Crippen LogP contribution is 2.15. The van der Waals surface area contributed by atoms with Crippen molar-refractivity contribution in [3.05, 3.63) is 60.8 Å². The number of hydrogen-bond donors (Lipinski definition) is 1. The lowest BCUT2D eigenvalue weighted by atomic mass is 10.0. The third-order valence-electron chi connectivity index (χ3n) is 10.0. The fourth-order valence-electron chi connectivity index (χ4n) is 6.34. The molecule has 9 nitrogen and oxygen atoms in total. The number of carboxylic acid groups (broad SMARTS) is 1. The number of carbonyl (C=O) groups excluding carboxylic acids is 2. The maximum Gasteiger partial charge on any atom is 0.361 e. The highest BCUT2D eigenvalue weighted by molar-refractivity contribution is 5.71. The van der Waals surface area contributed by atoms with E-state index in [4.69, 9.17) is 18.9 Å². The van der Waals surface area contributed by atoms with Crippen LogP contribution in [0.3, 0.4) is 0 Å². The van der Waals surface area contributed by atoms with Gasteiger partial charge in [0.25, 0.3) is 6.29 Å². The first-order chi connectivity index (χ1) is 29.1. The molecule has 0 aromatic heterocycles. The van der Waals surface area contributed by atoms with Crippen LogP contribution >= 0.6 is 0 Å². The summed E-state index contributed by atoms with van der Waals surface area (Å²) in [6.45, 7) is 4.70. The third-order valence-corrected chi connectivity index (χ3v) is 10.0. The lowest BCUT2D eigenvalue weighted by Gasteiger charge is -2.25. The zero-order valence-corrected chi connectivity index (χ0v) is 39.1. The minimum absolute atomic E-state index is 0.176. The number of likely N-dealkylation sites (N-methyl/N-ethyl adjacent to an activating group) is 1. The molecule has 0 amide bonds. The van der Waals surface area contributed by atoms with Crippen LogP contribution in [0.15, 0.2) is 60.8 Å². The first-order valence-corrected chi connectivity index (χ1v) is 24.0. The van der Waals surface area contributed by atoms with Crippen LogP contribution < -0.4 is 0 Å². The van der Waals surface area contributed by atoms with E-state index in [9.17, 15) is 19.5 Å². The fourth-order valence-corrected chi connectivity index (χ4v) is 6.34. The molecule has 0 heterocycles. The number of esters is 2. The van der Waals surface area contributed by atoms with Gasteiger partial charge in [0.1, 0.15) is 13.2 Å². The number of nitrogens with zero attached hydrogens (tertiary/aromatic N) is 1. The molecule has 0 aliphatic carbocycles. The molecule has 0 aliphatic rings. The number of quaternary nitrogens is 1. The minimum Gasteiger partial charge on any atom is -0.477 e. The fraction of sp³-hybridized carbons (Fsp3) is 0.745. The first-order valence-electron chi connectivity index (χ1n) is 24.0. The molecule has 60 heavy (non-hydrogen) atoms. The van der Waals surface area contributed by atoms with E-state index in [1.807, 2.05) is 21.1 Å². The molecular weight excluding hydrogens is 755 g/mol. The van der Waals surface area contributed by atoms with Crippen molar-refractivity contribution in [2.75, 3.05) is 47.5 Å². The van der Waals surface area contributed by atoms with Crippen molar-refractivity contribution in [3.63, 3.8) is 0 Å². The van der Waals surface area contributed by atoms with Crippen molar-refractivity contribution in [2.24, 2.45) is 0 Å². The van der Waals surface area contributed by atoms with Gasteiger partial charge in [0, 0.05) is 12.8 Å². The molecule has 0 saturated carbocycles. The van der Waals surface area contributed by atoms with Gasteiger partial charge in [-0.05, 0) is 51.4 Å². The lowest BCUT2D eigenvalue weighted by molar-refractivity contribution is -0.870. The smallest absolute Gasteiger partial charge is 0.361 e. The molecule has 0 aromatic rings. The number of hydrogen-bond acceptors (Lipinski definition) is 7. The van der Waals surface area contributed by atoms with Crippen LogP contribution in [-0.2, 0) is 33.3 Å². The Kier molecular flexibility index (Phi) is 40.5. The minimum atomic E-state index is -1.52. The number of aliphatic carboxylic acids is 1. The largest absolute Gasteiger partial charge is 0.477 e. The van der Waals surface area contributed by atoms with Gasteiger partial charge < -0.3 is 28.5 Å². The summed E-state index contributed by atoms with van der Waals surface area (Å²) in [5.41, 5.74) is 0. The average Bonchev–Trinajstić information content (AvgIpc) is 3.21. The molecule has 0 spiro atoms. The Hall–Kier alpha value is -3.01. The van der Waals surface area contributed by atoms with E-state index >= 15 is 0 Å². The van der Waals surface area contributed by atoms with Crippen LogP contribution in [0, 0.1) is 0 Å². The molecule has 2 atom stereocenters. The molecule has 0 rings (SSSR count). The molecule has 0 radical (unpaired) electrons. The van der Waals surface area contributed by atoms with E-state index in [1.54, 1.807) is 0 Å². The number of carbonyl (C=O) groups is 3. The molecule has 0 saturated heterocycles. The van der Waals surface area contributed by atoms with E-state index in [0.717, 1.165) is 57.8 Å². The van der Waals surface area contributed by atoms with Gasteiger partial charge in [-0.15, -0.1) is 0 Å². The summed E-state index contributed by atoms with van der Waals surface area (Å²) < 4.78 is 22.7. The molecule has 0 aliphatic heterocycles. The number of carboxylic acids is 1. The summed E-state index contributed by atoms with van der Waals surface area (Å²) in [5, 5.41) is 9.65. The van der Waals surface area contributed by atoms with Crippen molar-refractivity contribution in [1.82, 2.24) is 0 Å². The zero-order chi connectivity index (χ0) is 44.2. The number of rotatable bonds is 43. The van der Waals surface area contributed by atoms with Gasteiger partial charge in [-0.25, -0.2) is 4.79 Å². The summed E-state index contributed by atoms with van der Waals surface area (Å²) in [4.78, 5) is 37.2. The molecule has 0 aromatic carbocycles. The molecule has 1 N–H and O–H groups in total. The predicted molar refractivity (Wildman–Crippen MR) is 249 cm³/mol. The monoisotopic (exact) mass is 845 g/mol. The second kappa shape index (κ2) is 42.7. The third kappa shape index (κ3) is 43.1. The Balaban J connectivity index is 4.47. The molecule has 2 unspecified atom stereocenters. The lowest BCUT2D eigenvalue weighted by Crippen LogP contribution is -2.40. The van der Waals surface area contributed by atoms with Gasteiger partial charge in [-0.3, -0.25) is 9.59 Å². The first kappa shape index (κ1) is 57.0. The van der Waals surface area contributed by atoms with Crippen LogP contribution in [0.2, 0.25) is 0 Å². The van der Waals surface area contributed by atoms with Crippen molar-refractivity contribution >= 4 is 17.9 Å². The van der Waals surface area contributed by atoms with E-state index < -0.39 is 24.3 Å². The highest BCUT2D eigenvalue weighted by Gasteiger charge is 2.25. The molecule has 9 heteroatoms. The Labute approximate surface area is 367 Å². The van der Waals surface area contributed by atoms with Gasteiger partial charge >= 0.3 is 17.9 Å². The normalized spacial score (nSPS) is 13.4. The Morgan fingerprint density at radius 1 is 0.517 bits per heavy atom.